The van der Waals surface area contributed by atoms with Crippen molar-refractivity contribution in [1.82, 2.24) is 35.0 Å². The lowest BCUT2D eigenvalue weighted by Crippen LogP contribution is -2.70. The Morgan fingerprint density at radius 2 is 2.14 bits per heavy atom. The van der Waals surface area contributed by atoms with E-state index in [-0.39, 0.29) is 11.3 Å². The van der Waals surface area contributed by atoms with E-state index in [1.54, 1.807) is 14.0 Å². The Bertz CT molecular complexity index is 1460. The van der Waals surface area contributed by atoms with Gasteiger partial charge in [0.15, 0.2) is 5.58 Å². The van der Waals surface area contributed by atoms with Crippen LogP contribution < -0.4 is 11.1 Å². The molecule has 0 spiro atoms. The van der Waals surface area contributed by atoms with Crippen LogP contribution in [0.4, 0.5) is 0 Å². The number of benzene rings is 1. The van der Waals surface area contributed by atoms with Crippen LogP contribution in [-0.4, -0.2) is 75.5 Å². The number of aliphatic carboxylic acids is 1. The average molecular weight is 518 g/mol. The van der Waals surface area contributed by atoms with Gasteiger partial charge in [-0.3, -0.25) is 19.1 Å². The number of oxazole rings is 1. The standard InChI is InChI=1S/C20H19N7O6S2/c1-3-26-11-6-9(4-5-12(11)33-20(26)32)15(28)21-13-16(29)27-14(18(30)31)10(7-34-17(13)27)8-35-19-22-23-24-25(19)2/h4-6,13,17H,3,7-8H2,1-2H3,(H,21,28)(H,30,31). The van der Waals surface area contributed by atoms with Crippen molar-refractivity contribution in [2.24, 2.45) is 7.05 Å². The van der Waals surface area contributed by atoms with Crippen molar-refractivity contribution in [2.45, 2.75) is 30.0 Å². The molecule has 0 bridgehead atoms. The highest BCUT2D eigenvalue weighted by Crippen LogP contribution is 2.41. The SMILES string of the molecule is CCn1c(=O)oc2ccc(C(=O)NC3C(=O)N4C(C(=O)O)=C(CSc5nnnn5C)CSC34)cc21. The number of fused-ring (bicyclic) bond motifs is 2. The molecule has 2 atom stereocenters. The molecule has 13 nitrogen and oxygen atoms in total. The molecular formula is C20H19N7O6S2. The molecule has 15 heteroatoms. The second-order valence-electron chi connectivity index (χ2n) is 7.79. The van der Waals surface area contributed by atoms with Crippen molar-refractivity contribution < 1.29 is 23.9 Å². The van der Waals surface area contributed by atoms with Crippen LogP contribution >= 0.6 is 23.5 Å². The summed E-state index contributed by atoms with van der Waals surface area (Å²) in [4.78, 5) is 51.0. The first-order chi connectivity index (χ1) is 16.8. The molecule has 2 amide bonds. The average Bonchev–Trinajstić information content (AvgIpc) is 3.40. The molecule has 4 heterocycles. The number of amides is 2. The zero-order chi connectivity index (χ0) is 24.9. The van der Waals surface area contributed by atoms with Crippen LogP contribution in [0.5, 0.6) is 0 Å². The predicted octanol–water partition coefficient (Wildman–Crippen LogP) is 0.282. The lowest BCUT2D eigenvalue weighted by Gasteiger charge is -2.49. The van der Waals surface area contributed by atoms with Gasteiger partial charge in [-0.25, -0.2) is 14.3 Å². The number of carboxylic acid groups (broad SMARTS) is 1. The van der Waals surface area contributed by atoms with E-state index in [4.69, 9.17) is 4.42 Å². The van der Waals surface area contributed by atoms with Gasteiger partial charge < -0.3 is 14.8 Å². The van der Waals surface area contributed by atoms with Crippen molar-refractivity contribution in [1.29, 1.82) is 0 Å². The topological polar surface area (TPSA) is 165 Å². The first kappa shape index (κ1) is 23.2. The maximum Gasteiger partial charge on any atom is 0.419 e. The summed E-state index contributed by atoms with van der Waals surface area (Å²) in [5, 5.41) is 23.7. The van der Waals surface area contributed by atoms with Gasteiger partial charge in [-0.05, 0) is 41.1 Å². The summed E-state index contributed by atoms with van der Waals surface area (Å²) in [6.07, 6.45) is 0. The normalized spacial score (nSPS) is 19.6. The summed E-state index contributed by atoms with van der Waals surface area (Å²) in [6.45, 7) is 2.17. The van der Waals surface area contributed by atoms with Crippen LogP contribution in [0.25, 0.3) is 11.1 Å². The van der Waals surface area contributed by atoms with E-state index < -0.39 is 35.0 Å². The number of carbonyl (C=O) groups excluding carboxylic acids is 2. The second-order valence-corrected chi connectivity index (χ2v) is 9.83. The van der Waals surface area contributed by atoms with Crippen LogP contribution in [0.1, 0.15) is 17.3 Å². The van der Waals surface area contributed by atoms with Crippen LogP contribution in [0.2, 0.25) is 0 Å². The molecule has 182 valence electrons. The van der Waals surface area contributed by atoms with E-state index in [0.717, 1.165) is 0 Å². The van der Waals surface area contributed by atoms with Crippen LogP contribution in [0.3, 0.4) is 0 Å². The number of tetrazole rings is 1. The van der Waals surface area contributed by atoms with E-state index in [1.165, 1.54) is 55.9 Å². The van der Waals surface area contributed by atoms with E-state index in [9.17, 15) is 24.3 Å². The summed E-state index contributed by atoms with van der Waals surface area (Å²) in [7, 11) is 1.68. The zero-order valence-corrected chi connectivity index (χ0v) is 20.1. The largest absolute Gasteiger partial charge is 0.477 e. The fourth-order valence-corrected chi connectivity index (χ4v) is 6.35. The molecular weight excluding hydrogens is 498 g/mol. The number of hydrogen-bond acceptors (Lipinski definition) is 10. The summed E-state index contributed by atoms with van der Waals surface area (Å²) in [5.41, 5.74) is 1.61. The van der Waals surface area contributed by atoms with Crippen molar-refractivity contribution >= 4 is 52.4 Å². The summed E-state index contributed by atoms with van der Waals surface area (Å²) < 4.78 is 8.04. The quantitative estimate of drug-likeness (QED) is 0.327. The molecule has 3 aromatic rings. The van der Waals surface area contributed by atoms with Gasteiger partial charge in [-0.1, -0.05) is 11.8 Å². The number of rotatable bonds is 7. The van der Waals surface area contributed by atoms with Crippen molar-refractivity contribution in [2.75, 3.05) is 11.5 Å². The Balaban J connectivity index is 1.33. The summed E-state index contributed by atoms with van der Waals surface area (Å²) >= 11 is 2.66. The highest BCUT2D eigenvalue weighted by molar-refractivity contribution is 8.01. The molecule has 0 saturated carbocycles. The monoisotopic (exact) mass is 517 g/mol. The van der Waals surface area contributed by atoms with Crippen molar-refractivity contribution in [3.05, 3.63) is 45.6 Å². The number of aryl methyl sites for hydroxylation is 2. The lowest BCUT2D eigenvalue weighted by molar-refractivity contribution is -0.148. The van der Waals surface area contributed by atoms with Gasteiger partial charge in [0, 0.05) is 30.7 Å². The summed E-state index contributed by atoms with van der Waals surface area (Å²) in [6, 6.07) is 3.71. The van der Waals surface area contributed by atoms with Gasteiger partial charge in [0.1, 0.15) is 17.1 Å². The van der Waals surface area contributed by atoms with Crippen molar-refractivity contribution in [3.8, 4) is 0 Å². The molecule has 2 aliphatic heterocycles. The molecule has 2 unspecified atom stereocenters. The number of nitrogens with zero attached hydrogens (tertiary/aromatic N) is 6. The highest BCUT2D eigenvalue weighted by Gasteiger charge is 2.54. The van der Waals surface area contributed by atoms with Gasteiger partial charge in [0.25, 0.3) is 11.8 Å². The van der Waals surface area contributed by atoms with Gasteiger partial charge in [-0.15, -0.1) is 16.9 Å². The molecule has 2 aromatic heterocycles. The number of aromatic nitrogens is 5. The van der Waals surface area contributed by atoms with E-state index in [1.807, 2.05) is 0 Å². The van der Waals surface area contributed by atoms with Gasteiger partial charge in [-0.2, -0.15) is 0 Å². The lowest BCUT2D eigenvalue weighted by atomic mass is 10.0. The minimum atomic E-state index is -1.21. The maximum absolute atomic E-state index is 12.9. The Hall–Kier alpha value is -3.59. The van der Waals surface area contributed by atoms with E-state index in [0.29, 0.717) is 39.9 Å². The third-order valence-corrected chi connectivity index (χ3v) is 8.18. The van der Waals surface area contributed by atoms with Crippen LogP contribution in [-0.2, 0) is 23.2 Å². The Labute approximate surface area is 205 Å². The fraction of sp³-hybridized carbons (Fsp3) is 0.350. The Morgan fingerprint density at radius 3 is 2.83 bits per heavy atom. The number of thioether (sulfide) groups is 2. The number of β-lactam (4-membered cyclic amide) rings is 1. The predicted molar refractivity (Wildman–Crippen MR) is 125 cm³/mol. The molecule has 2 N–H and O–H groups in total. The third-order valence-electron chi connectivity index (χ3n) is 5.74. The minimum Gasteiger partial charge on any atom is -0.477 e. The Kier molecular flexibility index (Phi) is 5.88. The number of nitrogens with one attached hydrogen (secondary N) is 1. The van der Waals surface area contributed by atoms with E-state index in [2.05, 4.69) is 20.8 Å². The molecule has 0 aliphatic carbocycles. The Morgan fingerprint density at radius 1 is 1.34 bits per heavy atom. The van der Waals surface area contributed by atoms with Crippen molar-refractivity contribution in [3.63, 3.8) is 0 Å². The second kappa shape index (κ2) is 8.88. The van der Waals surface area contributed by atoms with Gasteiger partial charge in [0.2, 0.25) is 5.16 Å². The van der Waals surface area contributed by atoms with Gasteiger partial charge in [0.05, 0.1) is 5.52 Å². The third kappa shape index (κ3) is 3.89. The number of carboxylic acids is 1. The number of carbonyl (C=O) groups is 3. The van der Waals surface area contributed by atoms with Crippen LogP contribution in [0.15, 0.2) is 43.8 Å². The smallest absolute Gasteiger partial charge is 0.419 e. The molecule has 1 fully saturated rings. The molecule has 1 aromatic carbocycles. The molecule has 2 aliphatic rings. The zero-order valence-electron chi connectivity index (χ0n) is 18.5. The molecule has 5 rings (SSSR count). The number of hydrogen-bond donors (Lipinski definition) is 2. The fourth-order valence-electron chi connectivity index (χ4n) is 4.02. The highest BCUT2D eigenvalue weighted by atomic mass is 32.2. The maximum atomic E-state index is 12.9. The molecule has 1 saturated heterocycles. The van der Waals surface area contributed by atoms with Gasteiger partial charge >= 0.3 is 11.7 Å². The first-order valence-electron chi connectivity index (χ1n) is 10.5. The first-order valence-corrected chi connectivity index (χ1v) is 12.5. The minimum absolute atomic E-state index is 0.0707. The van der Waals surface area contributed by atoms with Crippen LogP contribution in [0, 0.1) is 0 Å². The molecule has 0 radical (unpaired) electrons. The van der Waals surface area contributed by atoms with E-state index >= 15 is 0 Å². The summed E-state index contributed by atoms with van der Waals surface area (Å²) in [5.74, 6) is -2.03. The molecule has 35 heavy (non-hydrogen) atoms.